The highest BCUT2D eigenvalue weighted by atomic mass is 35.5. The average molecular weight is 591 g/mol. The van der Waals surface area contributed by atoms with Crippen molar-refractivity contribution in [3.8, 4) is 22.9 Å². The lowest BCUT2D eigenvalue weighted by molar-refractivity contribution is -0.119. The van der Waals surface area contributed by atoms with E-state index in [1.807, 2.05) is 50.5 Å². The zero-order chi connectivity index (χ0) is 29.2. The number of nitrogens with zero attached hydrogens (tertiary/aromatic N) is 3. The molecule has 0 radical (unpaired) electrons. The summed E-state index contributed by atoms with van der Waals surface area (Å²) in [5.74, 6) is 0.908. The van der Waals surface area contributed by atoms with Gasteiger partial charge in [-0.15, -0.1) is 0 Å². The summed E-state index contributed by atoms with van der Waals surface area (Å²) in [7, 11) is 1.58. The number of methoxy groups -OCH3 is 1. The number of imidazole rings is 1. The molecule has 1 atom stereocenters. The fraction of sp³-hybridized carbons (Fsp3) is 0.258. The van der Waals surface area contributed by atoms with Crippen molar-refractivity contribution in [2.24, 2.45) is 0 Å². The largest absolute Gasteiger partial charge is 0.496 e. The average Bonchev–Trinajstić information content (AvgIpc) is 3.54. The van der Waals surface area contributed by atoms with Crippen molar-refractivity contribution in [3.05, 3.63) is 87.2 Å². The third kappa shape index (κ3) is 3.85. The zero-order valence-corrected chi connectivity index (χ0v) is 24.7. The molecule has 41 heavy (non-hydrogen) atoms. The van der Waals surface area contributed by atoms with E-state index in [2.05, 4.69) is 5.32 Å². The van der Waals surface area contributed by atoms with Gasteiger partial charge in [-0.3, -0.25) is 14.5 Å². The van der Waals surface area contributed by atoms with Gasteiger partial charge in [0.2, 0.25) is 0 Å². The summed E-state index contributed by atoms with van der Waals surface area (Å²) in [6, 6.07) is 15.8. The molecule has 2 amide bonds. The van der Waals surface area contributed by atoms with Crippen LogP contribution in [0.2, 0.25) is 10.0 Å². The molecule has 0 saturated carbocycles. The van der Waals surface area contributed by atoms with Crippen molar-refractivity contribution in [3.63, 3.8) is 0 Å². The van der Waals surface area contributed by atoms with Crippen molar-refractivity contribution >= 4 is 46.4 Å². The van der Waals surface area contributed by atoms with Crippen molar-refractivity contribution in [1.29, 1.82) is 0 Å². The molecule has 8 nitrogen and oxygen atoms in total. The third-order valence-electron chi connectivity index (χ3n) is 7.60. The van der Waals surface area contributed by atoms with Crippen LogP contribution in [0.4, 0.5) is 11.4 Å². The van der Waals surface area contributed by atoms with E-state index >= 15 is 0 Å². The first-order chi connectivity index (χ1) is 19.6. The van der Waals surface area contributed by atoms with E-state index in [0.717, 1.165) is 5.56 Å². The van der Waals surface area contributed by atoms with E-state index < -0.39 is 11.4 Å². The molecule has 210 valence electrons. The number of aryl methyl sites for hydroxylation is 1. The Bertz CT molecular complexity index is 1750. The Morgan fingerprint density at radius 1 is 1.02 bits per heavy atom. The minimum absolute atomic E-state index is 0.182. The van der Waals surface area contributed by atoms with Gasteiger partial charge in [0.05, 0.1) is 30.7 Å². The monoisotopic (exact) mass is 590 g/mol. The van der Waals surface area contributed by atoms with Crippen LogP contribution in [0, 0.1) is 6.92 Å². The lowest BCUT2D eigenvalue weighted by Gasteiger charge is -2.36. The van der Waals surface area contributed by atoms with E-state index in [1.165, 1.54) is 4.90 Å². The summed E-state index contributed by atoms with van der Waals surface area (Å²) >= 11 is 12.8. The molecule has 2 aliphatic rings. The molecule has 6 rings (SSSR count). The molecule has 0 fully saturated rings. The van der Waals surface area contributed by atoms with Crippen LogP contribution in [0.15, 0.2) is 54.6 Å². The smallest absolute Gasteiger partial charge is 0.280 e. The number of hydrogen-bond donors (Lipinski definition) is 1. The standard InChI is InChI=1S/C31H28Cl2N4O4/c1-6-41-20-10-11-21(25(15-20)40-5)28-35-26-27(36(28)16(2)3)31(22-12-9-18(32)13-23(22)34-30(31)39)37(29(26)38)24-14-19(33)8-7-17(24)4/h7-16H,6H2,1-5H3,(H,34,39)/t31-/m0/s1. The Balaban J connectivity index is 1.70. The molecular formula is C31H28Cl2N4O4. The Labute approximate surface area is 247 Å². The second kappa shape index (κ2) is 9.82. The van der Waals surface area contributed by atoms with Crippen LogP contribution in [0.5, 0.6) is 11.5 Å². The van der Waals surface area contributed by atoms with Crippen LogP contribution in [0.25, 0.3) is 11.4 Å². The van der Waals surface area contributed by atoms with Crippen LogP contribution in [-0.4, -0.2) is 35.1 Å². The molecule has 10 heteroatoms. The van der Waals surface area contributed by atoms with Gasteiger partial charge < -0.3 is 19.4 Å². The quantitative estimate of drug-likeness (QED) is 0.261. The number of anilines is 2. The molecule has 0 bridgehead atoms. The Kier molecular flexibility index (Phi) is 6.51. The number of carbonyl (C=O) groups excluding carboxylic acids is 2. The molecule has 3 aromatic carbocycles. The van der Waals surface area contributed by atoms with Gasteiger partial charge in [-0.05, 0) is 69.7 Å². The first-order valence-electron chi connectivity index (χ1n) is 13.3. The maximum Gasteiger partial charge on any atom is 0.280 e. The molecule has 0 aliphatic carbocycles. The highest BCUT2D eigenvalue weighted by Crippen LogP contribution is 2.55. The molecule has 3 heterocycles. The number of aromatic nitrogens is 2. The van der Waals surface area contributed by atoms with E-state index in [4.69, 9.17) is 37.7 Å². The predicted molar refractivity (Wildman–Crippen MR) is 160 cm³/mol. The number of halogens is 2. The summed E-state index contributed by atoms with van der Waals surface area (Å²) in [6.45, 7) is 8.28. The first-order valence-corrected chi connectivity index (χ1v) is 14.0. The summed E-state index contributed by atoms with van der Waals surface area (Å²) in [5, 5.41) is 3.90. The van der Waals surface area contributed by atoms with Crippen LogP contribution in [0.3, 0.4) is 0 Å². The first kappa shape index (κ1) is 27.2. The van der Waals surface area contributed by atoms with Gasteiger partial charge in [-0.1, -0.05) is 35.3 Å². The number of nitrogens with one attached hydrogen (secondary N) is 1. The van der Waals surface area contributed by atoms with Gasteiger partial charge >= 0.3 is 0 Å². The number of benzene rings is 3. The number of ether oxygens (including phenoxy) is 2. The highest BCUT2D eigenvalue weighted by molar-refractivity contribution is 6.32. The molecular weight excluding hydrogens is 563 g/mol. The van der Waals surface area contributed by atoms with Crippen LogP contribution >= 0.6 is 23.2 Å². The highest BCUT2D eigenvalue weighted by Gasteiger charge is 2.64. The predicted octanol–water partition coefficient (Wildman–Crippen LogP) is 7.01. The van der Waals surface area contributed by atoms with Gasteiger partial charge in [-0.25, -0.2) is 4.98 Å². The van der Waals surface area contributed by atoms with E-state index in [9.17, 15) is 9.59 Å². The molecule has 0 unspecified atom stereocenters. The van der Waals surface area contributed by atoms with Gasteiger partial charge in [0, 0.05) is 33.4 Å². The Morgan fingerprint density at radius 2 is 1.76 bits per heavy atom. The fourth-order valence-corrected chi connectivity index (χ4v) is 6.28. The summed E-state index contributed by atoms with van der Waals surface area (Å²) in [5.41, 5.74) is 2.21. The second-order valence-electron chi connectivity index (χ2n) is 10.3. The number of carbonyl (C=O) groups is 2. The van der Waals surface area contributed by atoms with Crippen molar-refractivity contribution < 1.29 is 19.1 Å². The SMILES string of the molecule is CCOc1ccc(-c2nc3c(n2C(C)C)[C@@]2(C(=O)Nc4cc(Cl)ccc42)N(c2cc(Cl)ccc2C)C3=O)c(OC)c1. The van der Waals surface area contributed by atoms with Crippen LogP contribution in [0.1, 0.15) is 54.1 Å². The zero-order valence-electron chi connectivity index (χ0n) is 23.2. The number of rotatable bonds is 6. The molecule has 2 aliphatic heterocycles. The van der Waals surface area contributed by atoms with Crippen molar-refractivity contribution in [2.75, 3.05) is 23.9 Å². The molecule has 0 saturated heterocycles. The van der Waals surface area contributed by atoms with E-state index in [-0.39, 0.29) is 17.6 Å². The number of fused-ring (bicyclic) bond motifs is 4. The van der Waals surface area contributed by atoms with Gasteiger partial charge in [0.25, 0.3) is 11.8 Å². The second-order valence-corrected chi connectivity index (χ2v) is 11.2. The maximum absolute atomic E-state index is 14.5. The summed E-state index contributed by atoms with van der Waals surface area (Å²) < 4.78 is 13.4. The number of hydrogen-bond acceptors (Lipinski definition) is 5. The Hall–Kier alpha value is -4.01. The minimum Gasteiger partial charge on any atom is -0.496 e. The minimum atomic E-state index is -1.56. The molecule has 4 aromatic rings. The van der Waals surface area contributed by atoms with Crippen molar-refractivity contribution in [1.82, 2.24) is 9.55 Å². The van der Waals surface area contributed by atoms with Crippen LogP contribution in [-0.2, 0) is 10.3 Å². The normalized spacial score (nSPS) is 17.3. The van der Waals surface area contributed by atoms with Gasteiger partial charge in [0.1, 0.15) is 17.3 Å². The topological polar surface area (TPSA) is 85.7 Å². The number of amides is 2. The lowest BCUT2D eigenvalue weighted by atomic mass is 9.86. The van der Waals surface area contributed by atoms with Crippen LogP contribution < -0.4 is 19.7 Å². The van der Waals surface area contributed by atoms with Crippen molar-refractivity contribution in [2.45, 2.75) is 39.3 Å². The maximum atomic E-state index is 14.5. The summed E-state index contributed by atoms with van der Waals surface area (Å²) in [4.78, 5) is 35.3. The third-order valence-corrected chi connectivity index (χ3v) is 8.07. The fourth-order valence-electron chi connectivity index (χ4n) is 5.94. The summed E-state index contributed by atoms with van der Waals surface area (Å²) in [6.07, 6.45) is 0. The molecule has 1 N–H and O–H groups in total. The molecule has 1 spiro atoms. The van der Waals surface area contributed by atoms with Gasteiger partial charge in [0.15, 0.2) is 11.2 Å². The lowest BCUT2D eigenvalue weighted by Crippen LogP contribution is -2.51. The Morgan fingerprint density at radius 3 is 2.46 bits per heavy atom. The van der Waals surface area contributed by atoms with Gasteiger partial charge in [-0.2, -0.15) is 0 Å². The van der Waals surface area contributed by atoms with E-state index in [0.29, 0.717) is 62.2 Å². The van der Waals surface area contributed by atoms with E-state index in [1.54, 1.807) is 43.5 Å². The molecule has 1 aromatic heterocycles.